The first-order valence-corrected chi connectivity index (χ1v) is 14.5. The van der Waals surface area contributed by atoms with Crippen molar-refractivity contribution in [3.05, 3.63) is 78.9 Å². The number of carbonyl (C=O) groups is 3. The Morgan fingerprint density at radius 1 is 0.780 bits per heavy atom. The number of phenolic OH excluding ortho intramolecular Hbond substituents is 1. The van der Waals surface area contributed by atoms with Crippen LogP contribution in [0.2, 0.25) is 0 Å². The van der Waals surface area contributed by atoms with Crippen LogP contribution in [-0.4, -0.2) is 35.5 Å². The van der Waals surface area contributed by atoms with E-state index < -0.39 is 23.9 Å². The average Bonchev–Trinajstić information content (AvgIpc) is 3.03. The van der Waals surface area contributed by atoms with Gasteiger partial charge in [-0.25, -0.2) is 4.79 Å². The highest BCUT2D eigenvalue weighted by Crippen LogP contribution is 2.60. The Balaban J connectivity index is 1.27. The first kappa shape index (κ1) is 25.6. The van der Waals surface area contributed by atoms with Gasteiger partial charge in [0.1, 0.15) is 5.75 Å². The number of benzene rings is 3. The number of hydrogen-bond acceptors (Lipinski definition) is 4. The van der Waals surface area contributed by atoms with Gasteiger partial charge in [0.15, 0.2) is 6.04 Å². The molecule has 5 aliphatic rings. The zero-order valence-electron chi connectivity index (χ0n) is 22.8. The Labute approximate surface area is 239 Å². The molecule has 41 heavy (non-hydrogen) atoms. The van der Waals surface area contributed by atoms with Crippen LogP contribution in [-0.2, 0) is 9.59 Å². The summed E-state index contributed by atoms with van der Waals surface area (Å²) < 4.78 is 0. The summed E-state index contributed by atoms with van der Waals surface area (Å²) in [5.74, 6) is 1.28. The molecule has 8 rings (SSSR count). The van der Waals surface area contributed by atoms with E-state index in [9.17, 15) is 19.5 Å². The lowest BCUT2D eigenvalue weighted by atomic mass is 9.49. The number of anilines is 4. The summed E-state index contributed by atoms with van der Waals surface area (Å²) in [6.07, 6.45) is 7.23. The molecule has 4 aliphatic carbocycles. The number of urea groups is 1. The number of aromatic hydroxyl groups is 1. The minimum Gasteiger partial charge on any atom is -0.508 e. The molecular weight excluding hydrogens is 516 g/mol. The van der Waals surface area contributed by atoms with E-state index in [0.29, 0.717) is 47.0 Å². The van der Waals surface area contributed by atoms with Crippen LogP contribution in [0.15, 0.2) is 78.9 Å². The summed E-state index contributed by atoms with van der Waals surface area (Å²) in [7, 11) is 0. The fourth-order valence-electron chi connectivity index (χ4n) is 8.30. The number of amides is 4. The topological polar surface area (TPSA) is 102 Å². The maximum absolute atomic E-state index is 14.5. The van der Waals surface area contributed by atoms with Gasteiger partial charge in [-0.15, -0.1) is 0 Å². The standard InChI is InChI=1S/C33H34N4O4/c38-26-12-10-24(11-13-26)34-32(41)35-29-30(39)36(20-33-17-21-14-22(18-33)16-23(15-21)19-33)27-8-4-5-9-28(27)37(31(29)40)25-6-2-1-3-7-25/h1-13,21-23,29,38H,14-20H2,(H2,34,35,41). The van der Waals surface area contributed by atoms with Crippen molar-refractivity contribution in [2.75, 3.05) is 21.7 Å². The van der Waals surface area contributed by atoms with Crippen molar-refractivity contribution in [3.63, 3.8) is 0 Å². The van der Waals surface area contributed by atoms with Crippen molar-refractivity contribution in [1.82, 2.24) is 5.32 Å². The van der Waals surface area contributed by atoms with E-state index in [2.05, 4.69) is 10.6 Å². The van der Waals surface area contributed by atoms with Gasteiger partial charge in [-0.3, -0.25) is 14.5 Å². The lowest BCUT2D eigenvalue weighted by Crippen LogP contribution is -2.58. The van der Waals surface area contributed by atoms with Gasteiger partial charge in [0.25, 0.3) is 11.8 Å². The highest BCUT2D eigenvalue weighted by atomic mass is 16.3. The molecule has 4 fully saturated rings. The molecule has 3 aromatic rings. The number of para-hydroxylation sites is 3. The third kappa shape index (κ3) is 4.71. The number of fused-ring (bicyclic) bond motifs is 1. The zero-order valence-corrected chi connectivity index (χ0v) is 22.8. The van der Waals surface area contributed by atoms with E-state index in [0.717, 1.165) is 19.3 Å². The Hall–Kier alpha value is -4.33. The summed E-state index contributed by atoms with van der Waals surface area (Å²) in [5, 5.41) is 15.0. The van der Waals surface area contributed by atoms with Crippen molar-refractivity contribution in [3.8, 4) is 5.75 Å². The maximum Gasteiger partial charge on any atom is 0.320 e. The fourth-order valence-corrected chi connectivity index (χ4v) is 8.30. The van der Waals surface area contributed by atoms with Crippen LogP contribution in [0.4, 0.5) is 27.5 Å². The van der Waals surface area contributed by atoms with Gasteiger partial charge in [-0.2, -0.15) is 0 Å². The number of rotatable bonds is 5. The number of nitrogens with zero attached hydrogens (tertiary/aromatic N) is 2. The van der Waals surface area contributed by atoms with E-state index in [1.165, 1.54) is 31.4 Å². The predicted molar refractivity (Wildman–Crippen MR) is 157 cm³/mol. The molecular formula is C33H34N4O4. The molecule has 0 radical (unpaired) electrons. The van der Waals surface area contributed by atoms with E-state index >= 15 is 0 Å². The van der Waals surface area contributed by atoms with Gasteiger partial charge in [-0.1, -0.05) is 30.3 Å². The molecule has 4 bridgehead atoms. The lowest BCUT2D eigenvalue weighted by Gasteiger charge is -2.57. The Kier molecular flexibility index (Phi) is 6.21. The van der Waals surface area contributed by atoms with Gasteiger partial charge in [0, 0.05) is 17.9 Å². The van der Waals surface area contributed by atoms with Crippen molar-refractivity contribution in [2.24, 2.45) is 23.2 Å². The molecule has 1 unspecified atom stereocenters. The summed E-state index contributed by atoms with van der Waals surface area (Å²) >= 11 is 0. The van der Waals surface area contributed by atoms with Crippen molar-refractivity contribution in [1.29, 1.82) is 0 Å². The Bertz CT molecular complexity index is 1450. The average molecular weight is 551 g/mol. The quantitative estimate of drug-likeness (QED) is 0.276. The molecule has 8 heteroatoms. The SMILES string of the molecule is O=C(Nc1ccc(O)cc1)NC1C(=O)N(CC23CC4CC(CC(C4)C2)C3)c2ccccc2N(c2ccccc2)C1=O. The van der Waals surface area contributed by atoms with Crippen LogP contribution in [0.5, 0.6) is 5.75 Å². The highest BCUT2D eigenvalue weighted by Gasteiger charge is 2.53. The first-order valence-electron chi connectivity index (χ1n) is 14.5. The van der Waals surface area contributed by atoms with Crippen LogP contribution in [0.1, 0.15) is 38.5 Å². The van der Waals surface area contributed by atoms with Crippen LogP contribution >= 0.6 is 0 Å². The fraction of sp³-hybridized carbons (Fsp3) is 0.364. The van der Waals surface area contributed by atoms with Crippen molar-refractivity contribution < 1.29 is 19.5 Å². The smallest absolute Gasteiger partial charge is 0.320 e. The summed E-state index contributed by atoms with van der Waals surface area (Å²) in [6.45, 7) is 0.542. The van der Waals surface area contributed by atoms with E-state index in [4.69, 9.17) is 0 Å². The molecule has 3 N–H and O–H groups in total. The minimum atomic E-state index is -1.42. The monoisotopic (exact) mass is 550 g/mol. The molecule has 0 aromatic heterocycles. The van der Waals surface area contributed by atoms with Crippen LogP contribution in [0.25, 0.3) is 0 Å². The predicted octanol–water partition coefficient (Wildman–Crippen LogP) is 5.81. The molecule has 1 aliphatic heterocycles. The number of carbonyl (C=O) groups excluding carboxylic acids is 3. The highest BCUT2D eigenvalue weighted by molar-refractivity contribution is 6.24. The minimum absolute atomic E-state index is 0.0291. The largest absolute Gasteiger partial charge is 0.508 e. The number of hydrogen-bond donors (Lipinski definition) is 3. The second kappa shape index (κ2) is 9.94. The third-order valence-electron chi connectivity index (χ3n) is 9.47. The lowest BCUT2D eigenvalue weighted by molar-refractivity contribution is -0.129. The van der Waals surface area contributed by atoms with Crippen LogP contribution < -0.4 is 20.4 Å². The molecule has 210 valence electrons. The van der Waals surface area contributed by atoms with E-state index in [-0.39, 0.29) is 11.2 Å². The van der Waals surface area contributed by atoms with E-state index in [1.54, 1.807) is 21.9 Å². The number of phenols is 1. The molecule has 8 nitrogen and oxygen atoms in total. The van der Waals surface area contributed by atoms with Gasteiger partial charge in [-0.05, 0) is 110 Å². The van der Waals surface area contributed by atoms with Crippen molar-refractivity contribution >= 4 is 40.6 Å². The van der Waals surface area contributed by atoms with Gasteiger partial charge in [0.05, 0.1) is 11.4 Å². The second-order valence-electron chi connectivity index (χ2n) is 12.4. The van der Waals surface area contributed by atoms with Gasteiger partial charge in [0.2, 0.25) is 0 Å². The molecule has 4 amide bonds. The Morgan fingerprint density at radius 3 is 2.00 bits per heavy atom. The third-order valence-corrected chi connectivity index (χ3v) is 9.47. The molecule has 0 spiro atoms. The zero-order chi connectivity index (χ0) is 28.1. The molecule has 1 atom stereocenters. The first-order chi connectivity index (χ1) is 19.9. The van der Waals surface area contributed by atoms with Gasteiger partial charge < -0.3 is 20.6 Å². The molecule has 0 saturated heterocycles. The summed E-state index contributed by atoms with van der Waals surface area (Å²) in [6, 6.07) is 20.7. The van der Waals surface area contributed by atoms with Crippen molar-refractivity contribution in [2.45, 2.75) is 44.6 Å². The van der Waals surface area contributed by atoms with Gasteiger partial charge >= 0.3 is 6.03 Å². The van der Waals surface area contributed by atoms with Crippen LogP contribution in [0.3, 0.4) is 0 Å². The van der Waals surface area contributed by atoms with Crippen LogP contribution in [0, 0.1) is 23.2 Å². The Morgan fingerprint density at radius 2 is 1.37 bits per heavy atom. The maximum atomic E-state index is 14.5. The second-order valence-corrected chi connectivity index (χ2v) is 12.4. The summed E-state index contributed by atoms with van der Waals surface area (Å²) in [4.78, 5) is 45.2. The molecule has 3 aromatic carbocycles. The van der Waals surface area contributed by atoms with E-state index in [1.807, 2.05) is 54.6 Å². The molecule has 1 heterocycles. The molecule has 4 saturated carbocycles. The number of nitrogens with one attached hydrogen (secondary N) is 2. The summed E-state index contributed by atoms with van der Waals surface area (Å²) in [5.41, 5.74) is 2.41. The normalized spacial score (nSPS) is 28.3.